The Hall–Kier alpha value is -3.52. The molecule has 4 rings (SSSR count). The number of ether oxygens (including phenoxy) is 1. The second-order valence-electron chi connectivity index (χ2n) is 7.80. The van der Waals surface area contributed by atoms with E-state index in [0.717, 1.165) is 21.7 Å². The summed E-state index contributed by atoms with van der Waals surface area (Å²) in [5.74, 6) is -0.547. The molecule has 32 heavy (non-hydrogen) atoms. The van der Waals surface area contributed by atoms with Crippen LogP contribution < -0.4 is 5.32 Å². The molecular formula is C24H24N4O3S. The molecule has 8 heteroatoms. The molecule has 4 aromatic rings. The summed E-state index contributed by atoms with van der Waals surface area (Å²) in [5.41, 5.74) is 4.37. The summed E-state index contributed by atoms with van der Waals surface area (Å²) >= 11 is 1.54. The normalized spacial score (nSPS) is 11.2. The number of hydrogen-bond donors (Lipinski definition) is 1. The molecule has 0 spiro atoms. The van der Waals surface area contributed by atoms with Gasteiger partial charge in [0, 0.05) is 28.4 Å². The molecule has 0 bridgehead atoms. The maximum absolute atomic E-state index is 12.4. The van der Waals surface area contributed by atoms with Crippen molar-refractivity contribution in [2.75, 3.05) is 14.2 Å². The molecule has 2 aromatic carbocycles. The standard InChI is InChI=1S/C24H24N4O3S/c1-13(2)21-19(15-8-6-7-14(3)11-15)26-24(32-21)28-18-10-9-16(22(29)25-4)12-17(18)20(27-28)23(30)31-5/h6-13H,1-5H3,(H,25,29). The molecule has 0 atom stereocenters. The molecule has 164 valence electrons. The molecular weight excluding hydrogens is 424 g/mol. The van der Waals surface area contributed by atoms with Crippen LogP contribution in [0.1, 0.15) is 51.1 Å². The molecule has 0 aliphatic rings. The van der Waals surface area contributed by atoms with E-state index < -0.39 is 5.97 Å². The van der Waals surface area contributed by atoms with E-state index in [-0.39, 0.29) is 17.5 Å². The first-order valence-electron chi connectivity index (χ1n) is 10.2. The Morgan fingerprint density at radius 3 is 2.59 bits per heavy atom. The fraction of sp³-hybridized carbons (Fsp3) is 0.250. The van der Waals surface area contributed by atoms with E-state index in [9.17, 15) is 9.59 Å². The summed E-state index contributed by atoms with van der Waals surface area (Å²) in [4.78, 5) is 30.6. The van der Waals surface area contributed by atoms with Crippen LogP contribution in [0.5, 0.6) is 0 Å². The van der Waals surface area contributed by atoms with Crippen LogP contribution in [-0.2, 0) is 4.74 Å². The van der Waals surface area contributed by atoms with E-state index in [4.69, 9.17) is 9.72 Å². The van der Waals surface area contributed by atoms with Crippen molar-refractivity contribution in [2.45, 2.75) is 26.7 Å². The lowest BCUT2D eigenvalue weighted by molar-refractivity contribution is 0.0595. The molecule has 0 saturated carbocycles. The van der Waals surface area contributed by atoms with Crippen LogP contribution in [0.2, 0.25) is 0 Å². The largest absolute Gasteiger partial charge is 0.464 e. The third-order valence-electron chi connectivity index (χ3n) is 5.19. The minimum atomic E-state index is -0.567. The molecule has 2 heterocycles. The van der Waals surface area contributed by atoms with Gasteiger partial charge in [0.2, 0.25) is 5.13 Å². The predicted molar refractivity (Wildman–Crippen MR) is 126 cm³/mol. The number of thiazole rings is 1. The Kier molecular flexibility index (Phi) is 5.80. The smallest absolute Gasteiger partial charge is 0.359 e. The van der Waals surface area contributed by atoms with Crippen molar-refractivity contribution in [3.05, 3.63) is 64.2 Å². The van der Waals surface area contributed by atoms with Crippen LogP contribution in [0.4, 0.5) is 0 Å². The van der Waals surface area contributed by atoms with Crippen molar-refractivity contribution in [3.8, 4) is 16.4 Å². The van der Waals surface area contributed by atoms with E-state index >= 15 is 0 Å². The van der Waals surface area contributed by atoms with Gasteiger partial charge in [0.15, 0.2) is 5.69 Å². The van der Waals surface area contributed by atoms with Gasteiger partial charge in [-0.15, -0.1) is 0 Å². The topological polar surface area (TPSA) is 86.1 Å². The molecule has 0 fully saturated rings. The third kappa shape index (κ3) is 3.78. The first kappa shape index (κ1) is 21.7. The van der Waals surface area contributed by atoms with Crippen LogP contribution in [0, 0.1) is 6.92 Å². The maximum atomic E-state index is 12.4. The maximum Gasteiger partial charge on any atom is 0.359 e. The average Bonchev–Trinajstić information content (AvgIpc) is 3.40. The molecule has 1 amide bonds. The molecule has 0 unspecified atom stereocenters. The highest BCUT2D eigenvalue weighted by Gasteiger charge is 2.24. The zero-order valence-electron chi connectivity index (χ0n) is 18.6. The number of carbonyl (C=O) groups is 2. The van der Waals surface area contributed by atoms with Gasteiger partial charge in [0.05, 0.1) is 18.3 Å². The lowest BCUT2D eigenvalue weighted by Crippen LogP contribution is -2.17. The number of amides is 1. The molecule has 0 aliphatic carbocycles. The van der Waals surface area contributed by atoms with E-state index in [1.165, 1.54) is 7.11 Å². The van der Waals surface area contributed by atoms with Crippen LogP contribution in [0.15, 0.2) is 42.5 Å². The van der Waals surface area contributed by atoms with Crippen molar-refractivity contribution in [3.63, 3.8) is 0 Å². The fourth-order valence-corrected chi connectivity index (χ4v) is 4.65. The second-order valence-corrected chi connectivity index (χ2v) is 8.81. The lowest BCUT2D eigenvalue weighted by atomic mass is 10.0. The summed E-state index contributed by atoms with van der Waals surface area (Å²) in [5, 5.41) is 8.33. The predicted octanol–water partition coefficient (Wildman–Crippen LogP) is 4.73. The average molecular weight is 449 g/mol. The van der Waals surface area contributed by atoms with Crippen molar-refractivity contribution >= 4 is 34.1 Å². The number of hydrogen-bond acceptors (Lipinski definition) is 6. The van der Waals surface area contributed by atoms with Crippen LogP contribution >= 0.6 is 11.3 Å². The summed E-state index contributed by atoms with van der Waals surface area (Å²) < 4.78 is 6.60. The van der Waals surface area contributed by atoms with Gasteiger partial charge in [0.25, 0.3) is 5.91 Å². The van der Waals surface area contributed by atoms with E-state index in [2.05, 4.69) is 49.4 Å². The number of methoxy groups -OCH3 is 1. The highest BCUT2D eigenvalue weighted by molar-refractivity contribution is 7.14. The number of esters is 1. The quantitative estimate of drug-likeness (QED) is 0.446. The SMILES string of the molecule is CNC(=O)c1ccc2c(c1)c(C(=O)OC)nn2-c1nc(-c2cccc(C)c2)c(C(C)C)s1. The third-order valence-corrected chi connectivity index (χ3v) is 6.52. The Balaban J connectivity index is 1.94. The van der Waals surface area contributed by atoms with Gasteiger partial charge in [-0.3, -0.25) is 4.79 Å². The summed E-state index contributed by atoms with van der Waals surface area (Å²) in [6, 6.07) is 13.4. The molecule has 0 aliphatic heterocycles. The van der Waals surface area contributed by atoms with Crippen LogP contribution in [-0.4, -0.2) is 40.8 Å². The summed E-state index contributed by atoms with van der Waals surface area (Å²) in [6.45, 7) is 6.32. The van der Waals surface area contributed by atoms with Crippen LogP contribution in [0.25, 0.3) is 27.3 Å². The van der Waals surface area contributed by atoms with Gasteiger partial charge >= 0.3 is 5.97 Å². The number of benzene rings is 2. The lowest BCUT2D eigenvalue weighted by Gasteiger charge is -2.05. The fourth-order valence-electron chi connectivity index (χ4n) is 3.60. The molecule has 2 aromatic heterocycles. The molecule has 0 saturated heterocycles. The first-order valence-corrected chi connectivity index (χ1v) is 11.1. The number of aromatic nitrogens is 3. The van der Waals surface area contributed by atoms with Crippen molar-refractivity contribution < 1.29 is 14.3 Å². The Morgan fingerprint density at radius 2 is 1.94 bits per heavy atom. The highest BCUT2D eigenvalue weighted by atomic mass is 32.1. The van der Waals surface area contributed by atoms with Crippen molar-refractivity contribution in [1.29, 1.82) is 0 Å². The Bertz CT molecular complexity index is 1340. The van der Waals surface area contributed by atoms with Gasteiger partial charge in [-0.05, 0) is 37.1 Å². The Labute approximate surface area is 190 Å². The monoisotopic (exact) mass is 448 g/mol. The number of rotatable bonds is 5. The zero-order chi connectivity index (χ0) is 23.0. The zero-order valence-corrected chi connectivity index (χ0v) is 19.4. The van der Waals surface area contributed by atoms with Crippen molar-refractivity contribution in [1.82, 2.24) is 20.1 Å². The number of carbonyl (C=O) groups excluding carboxylic acids is 2. The second kappa shape index (κ2) is 8.55. The Morgan fingerprint density at radius 1 is 1.16 bits per heavy atom. The minimum Gasteiger partial charge on any atom is -0.464 e. The van der Waals surface area contributed by atoms with E-state index in [0.29, 0.717) is 21.6 Å². The van der Waals surface area contributed by atoms with Gasteiger partial charge in [0.1, 0.15) is 0 Å². The number of nitrogens with one attached hydrogen (secondary N) is 1. The minimum absolute atomic E-state index is 0.145. The molecule has 7 nitrogen and oxygen atoms in total. The van der Waals surface area contributed by atoms with Crippen molar-refractivity contribution in [2.24, 2.45) is 0 Å². The highest BCUT2D eigenvalue weighted by Crippen LogP contribution is 2.37. The number of fused-ring (bicyclic) bond motifs is 1. The van der Waals surface area contributed by atoms with Crippen LogP contribution in [0.3, 0.4) is 0 Å². The number of nitrogens with zero attached hydrogens (tertiary/aromatic N) is 3. The summed E-state index contributed by atoms with van der Waals surface area (Å²) in [7, 11) is 2.87. The van der Waals surface area contributed by atoms with Gasteiger partial charge < -0.3 is 10.1 Å². The molecule has 0 radical (unpaired) electrons. The van der Waals surface area contributed by atoms with Gasteiger partial charge in [-0.2, -0.15) is 5.10 Å². The van der Waals surface area contributed by atoms with Gasteiger partial charge in [-0.25, -0.2) is 14.5 Å². The molecule has 1 N–H and O–H groups in total. The first-order chi connectivity index (χ1) is 15.3. The number of aryl methyl sites for hydroxylation is 1. The van der Waals surface area contributed by atoms with E-state index in [1.54, 1.807) is 41.3 Å². The summed E-state index contributed by atoms with van der Waals surface area (Å²) in [6.07, 6.45) is 0. The van der Waals surface area contributed by atoms with Gasteiger partial charge in [-0.1, -0.05) is 48.9 Å². The van der Waals surface area contributed by atoms with E-state index in [1.807, 2.05) is 6.07 Å².